The summed E-state index contributed by atoms with van der Waals surface area (Å²) >= 11 is 0. The molecule has 1 unspecified atom stereocenters. The Morgan fingerprint density at radius 2 is 1.62 bits per heavy atom. The molecular weight excluding hydrogens is 450 g/mol. The molecule has 0 spiro atoms. The van der Waals surface area contributed by atoms with E-state index in [2.05, 4.69) is 35.0 Å². The molecule has 0 heterocycles. The van der Waals surface area contributed by atoms with Gasteiger partial charge in [-0.25, -0.2) is 8.78 Å². The van der Waals surface area contributed by atoms with E-state index in [-0.39, 0.29) is 38.8 Å². The van der Waals surface area contributed by atoms with Crippen LogP contribution in [-0.4, -0.2) is 19.2 Å². The quantitative estimate of drug-likeness (QED) is 0.279. The third kappa shape index (κ3) is 5.50. The molecule has 2 radical (unpaired) electrons. The number of hydrogen-bond acceptors (Lipinski definition) is 3. The molecule has 0 bridgehead atoms. The van der Waals surface area contributed by atoms with Gasteiger partial charge in [-0.05, 0) is 40.1 Å². The van der Waals surface area contributed by atoms with Crippen molar-refractivity contribution in [2.75, 3.05) is 0 Å². The number of benzene rings is 3. The highest BCUT2D eigenvalue weighted by atomic mass is 31.0. The fourth-order valence-corrected chi connectivity index (χ4v) is 3.59. The molecule has 3 aromatic rings. The summed E-state index contributed by atoms with van der Waals surface area (Å²) in [4.78, 5) is 4.51. The summed E-state index contributed by atoms with van der Waals surface area (Å²) in [6.07, 6.45) is 1.55. The van der Waals surface area contributed by atoms with Crippen LogP contribution in [0.2, 0.25) is 0 Å². The van der Waals surface area contributed by atoms with Crippen molar-refractivity contribution < 1.29 is 18.6 Å². The van der Waals surface area contributed by atoms with E-state index < -0.39 is 11.6 Å². The second-order valence-electron chi connectivity index (χ2n) is 10.3. The number of aliphatic imine (C=N–C) groups is 1. The molecule has 7 heteroatoms. The summed E-state index contributed by atoms with van der Waals surface area (Å²) in [5.41, 5.74) is 2.07. The van der Waals surface area contributed by atoms with Crippen LogP contribution < -0.4 is 15.5 Å². The van der Waals surface area contributed by atoms with Gasteiger partial charge in [0.1, 0.15) is 25.1 Å². The topological polar surface area (TPSA) is 41.8 Å². The van der Waals surface area contributed by atoms with Gasteiger partial charge in [0.2, 0.25) is 0 Å². The Labute approximate surface area is 203 Å². The smallest absolute Gasteiger partial charge is 0.165 e. The van der Waals surface area contributed by atoms with E-state index in [1.807, 2.05) is 32.9 Å². The van der Waals surface area contributed by atoms with Crippen molar-refractivity contribution in [1.82, 2.24) is 0 Å². The molecule has 176 valence electrons. The molecule has 3 rings (SSSR count). The minimum Gasteiger partial charge on any atom is -0.507 e. The number of ether oxygens (including phenoxy) is 1. The fraction of sp³-hybridized carbons (Fsp3) is 0.296. The predicted molar refractivity (Wildman–Crippen MR) is 140 cm³/mol. The van der Waals surface area contributed by atoms with Crippen LogP contribution >= 0.6 is 9.24 Å². The van der Waals surface area contributed by atoms with Gasteiger partial charge in [-0.3, -0.25) is 4.99 Å². The number of hydrogen-bond donors (Lipinski definition) is 1. The summed E-state index contributed by atoms with van der Waals surface area (Å²) in [7, 11) is 7.73. The zero-order valence-electron chi connectivity index (χ0n) is 20.3. The van der Waals surface area contributed by atoms with Crippen molar-refractivity contribution in [2.45, 2.75) is 52.4 Å². The molecule has 0 aromatic heterocycles. The molecule has 0 saturated carbocycles. The van der Waals surface area contributed by atoms with E-state index in [1.165, 1.54) is 0 Å². The lowest BCUT2D eigenvalue weighted by Gasteiger charge is -2.27. The molecule has 0 aliphatic heterocycles. The number of nitrogens with zero attached hydrogens (tertiary/aromatic N) is 1. The van der Waals surface area contributed by atoms with Crippen LogP contribution in [0.1, 0.15) is 58.2 Å². The van der Waals surface area contributed by atoms with E-state index >= 15 is 0 Å². The summed E-state index contributed by atoms with van der Waals surface area (Å²) in [6, 6.07) is 11.6. The van der Waals surface area contributed by atoms with Gasteiger partial charge in [-0.2, -0.15) is 0 Å². The highest BCUT2D eigenvalue weighted by Gasteiger charge is 2.24. The standard InChI is InChI=1S/C27H29BF2NO2P/c1-26(2,3)16-11-15(24(32)17(12-16)27(4,5)6)14-31-19-9-7-8-10-20(19)33-21-13-18(29)25(34)22(28)23(21)30/h7-14,32H,34H2,1-6H3. The maximum atomic E-state index is 14.6. The summed E-state index contributed by atoms with van der Waals surface area (Å²) in [6.45, 7) is 12.4. The van der Waals surface area contributed by atoms with Crippen LogP contribution in [0.15, 0.2) is 47.5 Å². The fourth-order valence-electron chi connectivity index (χ4n) is 3.38. The number of aromatic hydroxyl groups is 1. The molecule has 0 aliphatic rings. The Hall–Kier alpha value is -2.72. The second-order valence-corrected chi connectivity index (χ2v) is 10.9. The van der Waals surface area contributed by atoms with Gasteiger partial charge in [-0.15, -0.1) is 9.24 Å². The van der Waals surface area contributed by atoms with Crippen LogP contribution in [0.5, 0.6) is 17.2 Å². The Morgan fingerprint density at radius 3 is 2.24 bits per heavy atom. The first-order chi connectivity index (χ1) is 15.7. The zero-order chi connectivity index (χ0) is 25.4. The molecule has 1 N–H and O–H groups in total. The van der Waals surface area contributed by atoms with Crippen molar-refractivity contribution >= 4 is 39.8 Å². The Balaban J connectivity index is 2.06. The SMILES string of the molecule is [B]c1c(F)c(Oc2ccccc2N=Cc2cc(C(C)(C)C)cc(C(C)(C)C)c2O)cc(F)c1P. The Kier molecular flexibility index (Phi) is 7.24. The largest absolute Gasteiger partial charge is 0.507 e. The lowest BCUT2D eigenvalue weighted by molar-refractivity contribution is 0.441. The monoisotopic (exact) mass is 479 g/mol. The van der Waals surface area contributed by atoms with E-state index in [0.29, 0.717) is 11.3 Å². The minimum atomic E-state index is -0.851. The predicted octanol–water partition coefficient (Wildman–Crippen LogP) is 6.10. The molecule has 1 atom stereocenters. The van der Waals surface area contributed by atoms with Crippen LogP contribution in [0.4, 0.5) is 14.5 Å². The first kappa shape index (κ1) is 25.9. The summed E-state index contributed by atoms with van der Waals surface area (Å²) in [5.74, 6) is -1.51. The molecular formula is C27H29BF2NO2P. The first-order valence-electron chi connectivity index (χ1n) is 10.9. The van der Waals surface area contributed by atoms with E-state index in [0.717, 1.165) is 17.2 Å². The maximum Gasteiger partial charge on any atom is 0.165 e. The van der Waals surface area contributed by atoms with Crippen LogP contribution in [0.25, 0.3) is 0 Å². The molecule has 0 fully saturated rings. The van der Waals surface area contributed by atoms with E-state index in [1.54, 1.807) is 30.5 Å². The number of phenolic OH excluding ortho intramolecular Hbond substituents is 1. The van der Waals surface area contributed by atoms with Gasteiger partial charge >= 0.3 is 0 Å². The third-order valence-electron chi connectivity index (χ3n) is 5.50. The van der Waals surface area contributed by atoms with Crippen LogP contribution in [0, 0.1) is 11.6 Å². The van der Waals surface area contributed by atoms with E-state index in [4.69, 9.17) is 12.6 Å². The Morgan fingerprint density at radius 1 is 0.971 bits per heavy atom. The van der Waals surface area contributed by atoms with Gasteiger partial charge in [0, 0.05) is 28.7 Å². The van der Waals surface area contributed by atoms with Gasteiger partial charge in [0.25, 0.3) is 0 Å². The summed E-state index contributed by atoms with van der Waals surface area (Å²) < 4.78 is 34.3. The first-order valence-corrected chi connectivity index (χ1v) is 11.5. The van der Waals surface area contributed by atoms with Gasteiger partial charge in [-0.1, -0.05) is 59.7 Å². The van der Waals surface area contributed by atoms with Crippen LogP contribution in [-0.2, 0) is 10.8 Å². The zero-order valence-corrected chi connectivity index (χ0v) is 21.5. The number of halogens is 2. The molecule has 3 nitrogen and oxygen atoms in total. The summed E-state index contributed by atoms with van der Waals surface area (Å²) in [5, 5.41) is 10.9. The number of phenols is 1. The van der Waals surface area contributed by atoms with Crippen molar-refractivity contribution in [3.05, 3.63) is 70.8 Å². The highest BCUT2D eigenvalue weighted by molar-refractivity contribution is 7.28. The molecule has 3 aromatic carbocycles. The third-order valence-corrected chi connectivity index (χ3v) is 6.09. The minimum absolute atomic E-state index is 0.0555. The Bertz CT molecular complexity index is 1260. The van der Waals surface area contributed by atoms with Crippen molar-refractivity contribution in [3.8, 4) is 17.2 Å². The van der Waals surface area contributed by atoms with Gasteiger partial charge in [0.05, 0.1) is 0 Å². The molecule has 34 heavy (non-hydrogen) atoms. The van der Waals surface area contributed by atoms with Crippen LogP contribution in [0.3, 0.4) is 0 Å². The van der Waals surface area contributed by atoms with E-state index in [9.17, 15) is 13.9 Å². The number of rotatable bonds is 4. The average molecular weight is 479 g/mol. The van der Waals surface area contributed by atoms with Gasteiger partial charge < -0.3 is 9.84 Å². The van der Waals surface area contributed by atoms with Crippen molar-refractivity contribution in [2.24, 2.45) is 4.99 Å². The molecule has 0 saturated heterocycles. The maximum absolute atomic E-state index is 14.6. The van der Waals surface area contributed by atoms with Crippen molar-refractivity contribution in [3.63, 3.8) is 0 Å². The molecule has 0 aliphatic carbocycles. The average Bonchev–Trinajstić information content (AvgIpc) is 2.74. The van der Waals surface area contributed by atoms with Crippen molar-refractivity contribution in [1.29, 1.82) is 0 Å². The normalized spacial score (nSPS) is 12.4. The molecule has 0 amide bonds. The number of para-hydroxylation sites is 2. The highest BCUT2D eigenvalue weighted by Crippen LogP contribution is 2.38. The lowest BCUT2D eigenvalue weighted by atomic mass is 9.79. The second kappa shape index (κ2) is 9.50. The lowest BCUT2D eigenvalue weighted by Crippen LogP contribution is -2.26. The van der Waals surface area contributed by atoms with Gasteiger partial charge in [0.15, 0.2) is 17.3 Å².